The minimum atomic E-state index is -0.248. The topological polar surface area (TPSA) is 43.7 Å². The van der Waals surface area contributed by atoms with Crippen LogP contribution in [0.2, 0.25) is 0 Å². The molecule has 5 heteroatoms. The summed E-state index contributed by atoms with van der Waals surface area (Å²) in [5.41, 5.74) is 4.64. The lowest BCUT2D eigenvalue weighted by atomic mass is 9.97. The van der Waals surface area contributed by atoms with E-state index in [-0.39, 0.29) is 11.9 Å². The summed E-state index contributed by atoms with van der Waals surface area (Å²) in [6.45, 7) is 0. The molecule has 5 nitrogen and oxygen atoms in total. The maximum atomic E-state index is 13.7. The summed E-state index contributed by atoms with van der Waals surface area (Å²) in [6.07, 6.45) is 0. The highest BCUT2D eigenvalue weighted by Crippen LogP contribution is 2.46. The van der Waals surface area contributed by atoms with Gasteiger partial charge in [-0.25, -0.2) is 0 Å². The molecule has 0 radical (unpaired) electrons. The van der Waals surface area contributed by atoms with Gasteiger partial charge in [-0.15, -0.1) is 0 Å². The van der Waals surface area contributed by atoms with Crippen molar-refractivity contribution >= 4 is 22.5 Å². The number of para-hydroxylation sites is 1. The van der Waals surface area contributed by atoms with Crippen LogP contribution < -0.4 is 14.4 Å². The Labute approximate surface area is 175 Å². The maximum absolute atomic E-state index is 13.7. The maximum Gasteiger partial charge on any atom is 0.276 e. The third-order valence-electron chi connectivity index (χ3n) is 5.86. The van der Waals surface area contributed by atoms with Crippen molar-refractivity contribution in [3.05, 3.63) is 89.6 Å². The highest BCUT2D eigenvalue weighted by Gasteiger charge is 2.43. The summed E-state index contributed by atoms with van der Waals surface area (Å²) in [5, 5.41) is 1.09. The molecule has 30 heavy (non-hydrogen) atoms. The minimum Gasteiger partial charge on any atom is -0.497 e. The van der Waals surface area contributed by atoms with Gasteiger partial charge < -0.3 is 14.0 Å². The fourth-order valence-corrected chi connectivity index (χ4v) is 4.45. The summed E-state index contributed by atoms with van der Waals surface area (Å²) in [4.78, 5) is 15.6. The normalized spacial score (nSPS) is 15.5. The Morgan fingerprint density at radius 1 is 0.833 bits per heavy atom. The van der Waals surface area contributed by atoms with E-state index >= 15 is 0 Å². The summed E-state index contributed by atoms with van der Waals surface area (Å²) in [5.74, 6) is 1.51. The van der Waals surface area contributed by atoms with Crippen LogP contribution >= 0.6 is 0 Å². The fourth-order valence-electron chi connectivity index (χ4n) is 4.45. The second-order valence-electron chi connectivity index (χ2n) is 7.39. The van der Waals surface area contributed by atoms with Gasteiger partial charge in [-0.05, 0) is 48.0 Å². The van der Waals surface area contributed by atoms with Gasteiger partial charge in [-0.2, -0.15) is 0 Å². The molecule has 1 aromatic heterocycles. The predicted octanol–water partition coefficient (Wildman–Crippen LogP) is 4.95. The van der Waals surface area contributed by atoms with Gasteiger partial charge >= 0.3 is 0 Å². The van der Waals surface area contributed by atoms with Crippen molar-refractivity contribution in [1.82, 2.24) is 4.57 Å². The van der Waals surface area contributed by atoms with E-state index in [1.54, 1.807) is 14.2 Å². The Hall–Kier alpha value is -3.73. The number of hydrogen-bond donors (Lipinski definition) is 0. The summed E-state index contributed by atoms with van der Waals surface area (Å²) in [7, 11) is 5.25. The first-order valence-electron chi connectivity index (χ1n) is 9.83. The zero-order chi connectivity index (χ0) is 20.8. The molecule has 0 saturated heterocycles. The SMILES string of the molecule is COc1ccc(N2C(=O)c3c(c4ccccc4n3C)C2c2cccc(OC)c2)cc1. The molecule has 0 saturated carbocycles. The lowest BCUT2D eigenvalue weighted by Crippen LogP contribution is -2.29. The van der Waals surface area contributed by atoms with Crippen molar-refractivity contribution < 1.29 is 14.3 Å². The molecular formula is C25H22N2O3. The molecule has 150 valence electrons. The van der Waals surface area contributed by atoms with E-state index in [4.69, 9.17) is 9.47 Å². The number of anilines is 1. The molecule has 0 aliphatic carbocycles. The number of hydrogen-bond acceptors (Lipinski definition) is 3. The summed E-state index contributed by atoms with van der Waals surface area (Å²) < 4.78 is 12.8. The molecule has 1 unspecified atom stereocenters. The zero-order valence-electron chi connectivity index (χ0n) is 17.1. The molecule has 0 fully saturated rings. The molecule has 0 spiro atoms. The van der Waals surface area contributed by atoms with E-state index in [9.17, 15) is 4.79 Å². The van der Waals surface area contributed by atoms with Crippen molar-refractivity contribution in [2.24, 2.45) is 7.05 Å². The molecule has 0 N–H and O–H groups in total. The number of fused-ring (bicyclic) bond motifs is 3. The smallest absolute Gasteiger partial charge is 0.276 e. The van der Waals surface area contributed by atoms with Crippen LogP contribution in [0.5, 0.6) is 11.5 Å². The van der Waals surface area contributed by atoms with Gasteiger partial charge in [0.05, 0.1) is 20.3 Å². The van der Waals surface area contributed by atoms with Gasteiger partial charge in [-0.1, -0.05) is 30.3 Å². The monoisotopic (exact) mass is 398 g/mol. The average Bonchev–Trinajstić information content (AvgIpc) is 3.26. The van der Waals surface area contributed by atoms with E-state index < -0.39 is 0 Å². The van der Waals surface area contributed by atoms with Gasteiger partial charge in [0.1, 0.15) is 17.2 Å². The lowest BCUT2D eigenvalue weighted by molar-refractivity contribution is 0.0986. The van der Waals surface area contributed by atoms with Crippen LogP contribution in [-0.4, -0.2) is 24.7 Å². The molecular weight excluding hydrogens is 376 g/mol. The highest BCUT2D eigenvalue weighted by atomic mass is 16.5. The molecule has 1 atom stereocenters. The summed E-state index contributed by atoms with van der Waals surface area (Å²) >= 11 is 0. The number of nitrogens with zero attached hydrogens (tertiary/aromatic N) is 2. The predicted molar refractivity (Wildman–Crippen MR) is 118 cm³/mol. The average molecular weight is 398 g/mol. The Morgan fingerprint density at radius 3 is 2.30 bits per heavy atom. The van der Waals surface area contributed by atoms with Crippen molar-refractivity contribution in [1.29, 1.82) is 0 Å². The second-order valence-corrected chi connectivity index (χ2v) is 7.39. The van der Waals surface area contributed by atoms with E-state index in [0.717, 1.165) is 44.9 Å². The van der Waals surface area contributed by atoms with Crippen LogP contribution in [0.3, 0.4) is 0 Å². The first kappa shape index (κ1) is 18.3. The van der Waals surface area contributed by atoms with E-state index in [1.165, 1.54) is 0 Å². The minimum absolute atomic E-state index is 0.0123. The quantitative estimate of drug-likeness (QED) is 0.489. The number of aromatic nitrogens is 1. The second kappa shape index (κ2) is 6.95. The molecule has 1 amide bonds. The van der Waals surface area contributed by atoms with E-state index in [0.29, 0.717) is 0 Å². The Kier molecular flexibility index (Phi) is 4.24. The summed E-state index contributed by atoms with van der Waals surface area (Å²) in [6, 6.07) is 23.5. The van der Waals surface area contributed by atoms with Crippen molar-refractivity contribution in [2.45, 2.75) is 6.04 Å². The van der Waals surface area contributed by atoms with Crippen LogP contribution in [0.4, 0.5) is 5.69 Å². The van der Waals surface area contributed by atoms with E-state index in [2.05, 4.69) is 12.1 Å². The van der Waals surface area contributed by atoms with Crippen LogP contribution in [0, 0.1) is 0 Å². The molecule has 2 heterocycles. The number of aryl methyl sites for hydroxylation is 1. The first-order chi connectivity index (χ1) is 14.6. The van der Waals surface area contributed by atoms with Crippen LogP contribution in [0.15, 0.2) is 72.8 Å². The Balaban J connectivity index is 1.77. The van der Waals surface area contributed by atoms with Gasteiger partial charge in [-0.3, -0.25) is 9.69 Å². The van der Waals surface area contributed by atoms with Crippen molar-refractivity contribution in [2.75, 3.05) is 19.1 Å². The van der Waals surface area contributed by atoms with Gasteiger partial charge in [0, 0.05) is 29.2 Å². The van der Waals surface area contributed by atoms with Crippen LogP contribution in [0.1, 0.15) is 27.7 Å². The number of methoxy groups -OCH3 is 2. The fraction of sp³-hybridized carbons (Fsp3) is 0.160. The van der Waals surface area contributed by atoms with Gasteiger partial charge in [0.25, 0.3) is 5.91 Å². The van der Waals surface area contributed by atoms with Crippen LogP contribution in [-0.2, 0) is 7.05 Å². The zero-order valence-corrected chi connectivity index (χ0v) is 17.1. The number of carbonyl (C=O) groups excluding carboxylic acids is 1. The Morgan fingerprint density at radius 2 is 1.57 bits per heavy atom. The van der Waals surface area contributed by atoms with Crippen molar-refractivity contribution in [3.8, 4) is 11.5 Å². The number of carbonyl (C=O) groups is 1. The first-order valence-corrected chi connectivity index (χ1v) is 9.83. The molecule has 1 aliphatic rings. The van der Waals surface area contributed by atoms with Gasteiger partial charge in [0.2, 0.25) is 0 Å². The third-order valence-corrected chi connectivity index (χ3v) is 5.86. The molecule has 5 rings (SSSR count). The molecule has 1 aliphatic heterocycles. The molecule has 3 aromatic carbocycles. The highest BCUT2D eigenvalue weighted by molar-refractivity contribution is 6.15. The third kappa shape index (κ3) is 2.59. The number of rotatable bonds is 4. The standard InChI is InChI=1S/C25H22N2O3/c1-26-21-10-5-4-9-20(21)22-23(16-7-6-8-19(15-16)30-3)27(25(28)24(22)26)17-11-13-18(29-2)14-12-17/h4-15,23H,1-3H3. The Bertz CT molecular complexity index is 1260. The van der Waals surface area contributed by atoms with Gasteiger partial charge in [0.15, 0.2) is 0 Å². The lowest BCUT2D eigenvalue weighted by Gasteiger charge is -2.27. The number of benzene rings is 3. The van der Waals surface area contributed by atoms with Crippen LogP contribution in [0.25, 0.3) is 10.9 Å². The van der Waals surface area contributed by atoms with E-state index in [1.807, 2.05) is 77.2 Å². The number of amides is 1. The largest absolute Gasteiger partial charge is 0.497 e. The number of ether oxygens (including phenoxy) is 2. The van der Waals surface area contributed by atoms with Crippen molar-refractivity contribution in [3.63, 3.8) is 0 Å². The molecule has 4 aromatic rings. The molecule has 0 bridgehead atoms.